The molecule has 5 heteroatoms. The Balaban J connectivity index is 2.77. The highest BCUT2D eigenvalue weighted by Gasteiger charge is 2.16. The van der Waals surface area contributed by atoms with Gasteiger partial charge in [-0.1, -0.05) is 13.8 Å². The van der Waals surface area contributed by atoms with Crippen molar-refractivity contribution in [2.24, 2.45) is 5.92 Å². The number of methoxy groups -OCH3 is 2. The molecule has 0 spiro atoms. The maximum atomic E-state index is 11.9. The van der Waals surface area contributed by atoms with E-state index < -0.39 is 0 Å². The molecule has 5 nitrogen and oxygen atoms in total. The van der Waals surface area contributed by atoms with Crippen molar-refractivity contribution in [1.82, 2.24) is 5.32 Å². The van der Waals surface area contributed by atoms with E-state index in [1.165, 1.54) is 0 Å². The summed E-state index contributed by atoms with van der Waals surface area (Å²) in [5.41, 5.74) is 0.994. The number of hydrogen-bond acceptors (Lipinski definition) is 4. The van der Waals surface area contributed by atoms with Gasteiger partial charge in [-0.15, -0.1) is 0 Å². The molecule has 0 aliphatic rings. The molecule has 0 aliphatic heterocycles. The van der Waals surface area contributed by atoms with E-state index in [9.17, 15) is 4.79 Å². The van der Waals surface area contributed by atoms with Crippen LogP contribution in [0.5, 0.6) is 17.2 Å². The summed E-state index contributed by atoms with van der Waals surface area (Å²) in [4.78, 5) is 11.9. The highest BCUT2D eigenvalue weighted by Crippen LogP contribution is 2.38. The largest absolute Gasteiger partial charge is 0.493 e. The molecule has 0 unspecified atom stereocenters. The minimum absolute atomic E-state index is 0.0765. The Morgan fingerprint density at radius 1 is 1.14 bits per heavy atom. The third-order valence-corrected chi connectivity index (χ3v) is 3.34. The summed E-state index contributed by atoms with van der Waals surface area (Å²) in [6.45, 7) is 7.93. The molecule has 1 atom stereocenters. The summed E-state index contributed by atoms with van der Waals surface area (Å²) in [6, 6.07) is 3.78. The lowest BCUT2D eigenvalue weighted by molar-refractivity contribution is -0.124. The summed E-state index contributed by atoms with van der Waals surface area (Å²) < 4.78 is 16.2. The number of carbonyl (C=O) groups excluding carboxylic acids is 1. The summed E-state index contributed by atoms with van der Waals surface area (Å²) in [5.74, 6) is 1.75. The van der Waals surface area contributed by atoms with Crippen molar-refractivity contribution in [2.75, 3.05) is 20.8 Å². The Morgan fingerprint density at radius 2 is 1.67 bits per heavy atom. The van der Waals surface area contributed by atoms with Crippen LogP contribution in [0.2, 0.25) is 0 Å². The van der Waals surface area contributed by atoms with Gasteiger partial charge in [0.1, 0.15) is 0 Å². The first kappa shape index (κ1) is 17.1. The molecule has 0 aromatic heterocycles. The molecule has 0 bridgehead atoms. The van der Waals surface area contributed by atoms with Crippen LogP contribution in [-0.2, 0) is 4.79 Å². The van der Waals surface area contributed by atoms with Crippen LogP contribution in [0.4, 0.5) is 0 Å². The average molecular weight is 295 g/mol. The van der Waals surface area contributed by atoms with Gasteiger partial charge >= 0.3 is 0 Å². The minimum atomic E-state index is -0.166. The number of carbonyl (C=O) groups is 1. The minimum Gasteiger partial charge on any atom is -0.493 e. The van der Waals surface area contributed by atoms with Gasteiger partial charge in [-0.2, -0.15) is 0 Å². The summed E-state index contributed by atoms with van der Waals surface area (Å²) in [5, 5.41) is 2.89. The van der Waals surface area contributed by atoms with Gasteiger partial charge in [0.05, 0.1) is 14.2 Å². The molecular weight excluding hydrogens is 270 g/mol. The molecule has 1 N–H and O–H groups in total. The highest BCUT2D eigenvalue weighted by molar-refractivity contribution is 5.78. The van der Waals surface area contributed by atoms with Crippen molar-refractivity contribution >= 4 is 5.91 Å². The van der Waals surface area contributed by atoms with E-state index in [1.807, 2.05) is 26.0 Å². The van der Waals surface area contributed by atoms with E-state index in [2.05, 4.69) is 19.2 Å². The van der Waals surface area contributed by atoms with Crippen LogP contribution in [-0.4, -0.2) is 32.8 Å². The van der Waals surface area contributed by atoms with Crippen LogP contribution in [0.25, 0.3) is 0 Å². The number of rotatable bonds is 7. The lowest BCUT2D eigenvalue weighted by Gasteiger charge is -2.19. The van der Waals surface area contributed by atoms with Gasteiger partial charge in [0.25, 0.3) is 5.91 Å². The predicted molar refractivity (Wildman–Crippen MR) is 82.2 cm³/mol. The van der Waals surface area contributed by atoms with Crippen LogP contribution >= 0.6 is 0 Å². The van der Waals surface area contributed by atoms with Crippen molar-refractivity contribution in [3.63, 3.8) is 0 Å². The summed E-state index contributed by atoms with van der Waals surface area (Å²) in [6.07, 6.45) is 0. The van der Waals surface area contributed by atoms with E-state index >= 15 is 0 Å². The van der Waals surface area contributed by atoms with E-state index in [-0.39, 0.29) is 18.6 Å². The van der Waals surface area contributed by atoms with E-state index in [0.717, 1.165) is 5.56 Å². The fourth-order valence-corrected chi connectivity index (χ4v) is 1.75. The second kappa shape index (κ2) is 7.76. The van der Waals surface area contributed by atoms with Gasteiger partial charge in [0, 0.05) is 6.04 Å². The second-order valence-corrected chi connectivity index (χ2v) is 5.39. The average Bonchev–Trinajstić information content (AvgIpc) is 2.44. The second-order valence-electron chi connectivity index (χ2n) is 5.39. The first-order valence-corrected chi connectivity index (χ1v) is 7.03. The fourth-order valence-electron chi connectivity index (χ4n) is 1.75. The topological polar surface area (TPSA) is 56.8 Å². The van der Waals surface area contributed by atoms with Crippen molar-refractivity contribution in [3.8, 4) is 17.2 Å². The Bertz CT molecular complexity index is 460. The van der Waals surface area contributed by atoms with Gasteiger partial charge in [-0.3, -0.25) is 4.79 Å². The van der Waals surface area contributed by atoms with Crippen molar-refractivity contribution in [1.29, 1.82) is 0 Å². The summed E-state index contributed by atoms with van der Waals surface area (Å²) in [7, 11) is 3.12. The third-order valence-electron chi connectivity index (χ3n) is 3.34. The van der Waals surface area contributed by atoms with Crippen LogP contribution in [0.15, 0.2) is 12.1 Å². The van der Waals surface area contributed by atoms with Gasteiger partial charge in [0.2, 0.25) is 5.75 Å². The number of benzene rings is 1. The van der Waals surface area contributed by atoms with E-state index in [0.29, 0.717) is 23.2 Å². The van der Waals surface area contributed by atoms with Crippen LogP contribution in [0.1, 0.15) is 26.3 Å². The Kier molecular flexibility index (Phi) is 6.34. The predicted octanol–water partition coefficient (Wildman–Crippen LogP) is 2.55. The van der Waals surface area contributed by atoms with Crippen molar-refractivity contribution in [3.05, 3.63) is 17.7 Å². The molecule has 0 saturated heterocycles. The number of nitrogens with one attached hydrogen (secondary N) is 1. The molecule has 118 valence electrons. The normalized spacial score (nSPS) is 12.0. The van der Waals surface area contributed by atoms with Gasteiger partial charge in [-0.25, -0.2) is 0 Å². The van der Waals surface area contributed by atoms with Crippen molar-refractivity contribution in [2.45, 2.75) is 33.7 Å². The lowest BCUT2D eigenvalue weighted by Crippen LogP contribution is -2.39. The first-order valence-electron chi connectivity index (χ1n) is 7.03. The molecule has 0 radical (unpaired) electrons. The van der Waals surface area contributed by atoms with Crippen LogP contribution < -0.4 is 19.5 Å². The maximum absolute atomic E-state index is 11.9. The molecule has 21 heavy (non-hydrogen) atoms. The Labute approximate surface area is 126 Å². The highest BCUT2D eigenvalue weighted by atomic mass is 16.5. The Hall–Kier alpha value is -1.91. The standard InChI is InChI=1S/C16H25NO4/c1-10(2)12(4)17-15(18)9-21-16-13(19-5)7-11(3)8-14(16)20-6/h7-8,10,12H,9H2,1-6H3,(H,17,18)/t12-/m1/s1. The molecule has 0 saturated carbocycles. The molecule has 1 aromatic rings. The maximum Gasteiger partial charge on any atom is 0.258 e. The van der Waals surface area contributed by atoms with Crippen molar-refractivity contribution < 1.29 is 19.0 Å². The monoisotopic (exact) mass is 295 g/mol. The molecule has 1 amide bonds. The number of aryl methyl sites for hydroxylation is 1. The van der Waals surface area contributed by atoms with Crippen LogP contribution in [0.3, 0.4) is 0 Å². The molecule has 0 fully saturated rings. The SMILES string of the molecule is COc1cc(C)cc(OC)c1OCC(=O)N[C@H](C)C(C)C. The van der Waals surface area contributed by atoms with Crippen LogP contribution in [0, 0.1) is 12.8 Å². The zero-order valence-electron chi connectivity index (χ0n) is 13.6. The zero-order valence-corrected chi connectivity index (χ0v) is 13.6. The number of amides is 1. The third kappa shape index (κ3) is 4.85. The van der Waals surface area contributed by atoms with E-state index in [1.54, 1.807) is 14.2 Å². The van der Waals surface area contributed by atoms with Gasteiger partial charge in [-0.05, 0) is 37.5 Å². The molecule has 0 heterocycles. The smallest absolute Gasteiger partial charge is 0.258 e. The molecule has 0 aliphatic carbocycles. The Morgan fingerprint density at radius 3 is 2.10 bits per heavy atom. The number of ether oxygens (including phenoxy) is 3. The lowest BCUT2D eigenvalue weighted by atomic mass is 10.1. The quantitative estimate of drug-likeness (QED) is 0.840. The van der Waals surface area contributed by atoms with E-state index in [4.69, 9.17) is 14.2 Å². The fraction of sp³-hybridized carbons (Fsp3) is 0.562. The number of hydrogen-bond donors (Lipinski definition) is 1. The zero-order chi connectivity index (χ0) is 16.0. The first-order chi connectivity index (χ1) is 9.88. The molecule has 1 aromatic carbocycles. The molecule has 1 rings (SSSR count). The molecular formula is C16H25NO4. The van der Waals surface area contributed by atoms with Gasteiger partial charge in [0.15, 0.2) is 18.1 Å². The van der Waals surface area contributed by atoms with Gasteiger partial charge < -0.3 is 19.5 Å². The summed E-state index contributed by atoms with van der Waals surface area (Å²) >= 11 is 0.